The zero-order chi connectivity index (χ0) is 22.8. The van der Waals surface area contributed by atoms with Crippen molar-refractivity contribution < 1.29 is 4.79 Å². The van der Waals surface area contributed by atoms with E-state index in [1.54, 1.807) is 6.20 Å². The molecule has 2 N–H and O–H groups in total. The quantitative estimate of drug-likeness (QED) is 0.533. The average Bonchev–Trinajstić information content (AvgIpc) is 3.55. The zero-order valence-corrected chi connectivity index (χ0v) is 20.1. The fourth-order valence-electron chi connectivity index (χ4n) is 4.67. The molecule has 174 valence electrons. The lowest BCUT2D eigenvalue weighted by Gasteiger charge is -2.25. The number of hydrogen-bond acceptors (Lipinski definition) is 6. The van der Waals surface area contributed by atoms with Gasteiger partial charge in [-0.05, 0) is 43.4 Å². The van der Waals surface area contributed by atoms with E-state index in [-0.39, 0.29) is 11.9 Å². The summed E-state index contributed by atoms with van der Waals surface area (Å²) >= 11 is 1.45. The summed E-state index contributed by atoms with van der Waals surface area (Å²) in [6, 6.07) is 0.106. The lowest BCUT2D eigenvalue weighted by Crippen LogP contribution is -2.38. The van der Waals surface area contributed by atoms with Crippen LogP contribution in [0.4, 0.5) is 5.13 Å². The molecular weight excluding hydrogens is 434 g/mol. The van der Waals surface area contributed by atoms with Crippen molar-refractivity contribution >= 4 is 34.5 Å². The van der Waals surface area contributed by atoms with Gasteiger partial charge in [-0.3, -0.25) is 4.79 Å². The Morgan fingerprint density at radius 2 is 2.18 bits per heavy atom. The van der Waals surface area contributed by atoms with Crippen LogP contribution in [0.15, 0.2) is 12.4 Å². The molecule has 0 saturated heterocycles. The Balaban J connectivity index is 1.27. The Hall–Kier alpha value is -2.94. The van der Waals surface area contributed by atoms with Crippen LogP contribution in [-0.2, 0) is 19.5 Å². The van der Waals surface area contributed by atoms with Crippen LogP contribution in [-0.4, -0.2) is 43.2 Å². The fraction of sp³-hybridized carbons (Fsp3) is 0.500. The second-order valence-corrected chi connectivity index (χ2v) is 9.88. The maximum Gasteiger partial charge on any atom is 0.263 e. The number of aromatic amines is 1. The number of H-pyrrole nitrogens is 1. The van der Waals surface area contributed by atoms with Crippen LogP contribution in [0.5, 0.6) is 0 Å². The third-order valence-electron chi connectivity index (χ3n) is 6.37. The molecule has 2 aliphatic rings. The minimum atomic E-state index is -0.0316. The van der Waals surface area contributed by atoms with Gasteiger partial charge in [-0.1, -0.05) is 43.3 Å². The lowest BCUT2D eigenvalue weighted by molar-refractivity contribution is 0.0938. The van der Waals surface area contributed by atoms with Gasteiger partial charge in [0.1, 0.15) is 16.5 Å². The smallest absolute Gasteiger partial charge is 0.263 e. The summed E-state index contributed by atoms with van der Waals surface area (Å²) in [5.41, 5.74) is 1.29. The van der Waals surface area contributed by atoms with E-state index in [4.69, 9.17) is 0 Å². The Morgan fingerprint density at radius 1 is 1.30 bits per heavy atom. The van der Waals surface area contributed by atoms with Crippen LogP contribution < -0.4 is 20.8 Å². The second kappa shape index (κ2) is 9.51. The molecule has 0 bridgehead atoms. The Morgan fingerprint density at radius 3 is 3.06 bits per heavy atom. The van der Waals surface area contributed by atoms with Crippen LogP contribution in [0.3, 0.4) is 0 Å². The highest BCUT2D eigenvalue weighted by Crippen LogP contribution is 2.26. The summed E-state index contributed by atoms with van der Waals surface area (Å²) < 4.78 is 1.96. The first kappa shape index (κ1) is 21.9. The first-order chi connectivity index (χ1) is 16.1. The van der Waals surface area contributed by atoms with Crippen LogP contribution in [0, 0.1) is 6.92 Å². The molecule has 0 radical (unpaired) electrons. The summed E-state index contributed by atoms with van der Waals surface area (Å²) in [6.07, 6.45) is 14.6. The van der Waals surface area contributed by atoms with Gasteiger partial charge in [-0.2, -0.15) is 5.10 Å². The predicted molar refractivity (Wildman–Crippen MR) is 131 cm³/mol. The average molecular weight is 466 g/mol. The van der Waals surface area contributed by atoms with E-state index in [0.29, 0.717) is 11.4 Å². The number of nitrogens with zero attached hydrogens (tertiary/aromatic N) is 5. The van der Waals surface area contributed by atoms with E-state index in [2.05, 4.69) is 55.5 Å². The number of hydrogen-bond donors (Lipinski definition) is 2. The van der Waals surface area contributed by atoms with E-state index < -0.39 is 0 Å². The molecule has 0 aromatic carbocycles. The number of unbranched alkanes of at least 4 members (excludes halogenated alkanes) is 1. The number of nitrogens with one attached hydrogen (secondary N) is 2. The number of carbonyl (C=O) groups excluding carboxylic acids is 1. The van der Waals surface area contributed by atoms with Crippen LogP contribution in [0.2, 0.25) is 0 Å². The van der Waals surface area contributed by atoms with Gasteiger partial charge < -0.3 is 15.2 Å². The monoisotopic (exact) mass is 465 g/mol. The standard InChI is InChI=1S/C24H31N7OS/c1-3-4-7-18(12-17-13-25-20-9-6-5-8-19(17)20)28-23(32)21-14-26-24(33-21)30-10-11-31-22(15-30)27-16(2)29-31/h8-9,13-14,18,25H,3-7,10-12,15H2,1-2H3,(H,28,32). The molecule has 33 heavy (non-hydrogen) atoms. The largest absolute Gasteiger partial charge is 0.361 e. The Labute approximate surface area is 197 Å². The number of aromatic nitrogens is 5. The van der Waals surface area contributed by atoms with Crippen LogP contribution in [0.25, 0.3) is 12.2 Å². The van der Waals surface area contributed by atoms with Gasteiger partial charge in [-0.15, -0.1) is 0 Å². The van der Waals surface area contributed by atoms with Gasteiger partial charge in [0.15, 0.2) is 5.13 Å². The Kier molecular flexibility index (Phi) is 6.30. The maximum absolute atomic E-state index is 13.1. The third kappa shape index (κ3) is 4.73. The minimum Gasteiger partial charge on any atom is -0.361 e. The lowest BCUT2D eigenvalue weighted by atomic mass is 10.00. The topological polar surface area (TPSA) is 91.7 Å². The molecule has 1 unspecified atom stereocenters. The highest BCUT2D eigenvalue weighted by Gasteiger charge is 2.23. The van der Waals surface area contributed by atoms with Crippen molar-refractivity contribution in [1.29, 1.82) is 0 Å². The van der Waals surface area contributed by atoms with E-state index in [9.17, 15) is 4.79 Å². The van der Waals surface area contributed by atoms with E-state index in [1.165, 1.54) is 27.5 Å². The number of aryl methyl sites for hydroxylation is 1. The molecule has 5 rings (SSSR count). The van der Waals surface area contributed by atoms with Crippen molar-refractivity contribution in [2.75, 3.05) is 11.4 Å². The van der Waals surface area contributed by atoms with Crippen molar-refractivity contribution in [3.05, 3.63) is 45.1 Å². The van der Waals surface area contributed by atoms with Gasteiger partial charge >= 0.3 is 0 Å². The first-order valence-electron chi connectivity index (χ1n) is 11.9. The molecule has 0 saturated carbocycles. The van der Waals surface area contributed by atoms with Crippen molar-refractivity contribution in [1.82, 2.24) is 30.0 Å². The molecule has 0 fully saturated rings. The van der Waals surface area contributed by atoms with E-state index in [0.717, 1.165) is 68.4 Å². The van der Waals surface area contributed by atoms with Gasteiger partial charge in [-0.25, -0.2) is 14.6 Å². The highest BCUT2D eigenvalue weighted by molar-refractivity contribution is 7.17. The molecule has 1 aliphatic carbocycles. The minimum absolute atomic E-state index is 0.0316. The molecule has 8 nitrogen and oxygen atoms in total. The van der Waals surface area contributed by atoms with Gasteiger partial charge in [0, 0.05) is 24.1 Å². The number of rotatable bonds is 8. The number of amides is 1. The SMILES string of the molecule is CCCCC(Cc1c[nH]c2c1=CCCC=2)NC(=O)c1cnc(N2CCn3nc(C)nc3C2)s1. The van der Waals surface area contributed by atoms with E-state index in [1.807, 2.05) is 11.6 Å². The van der Waals surface area contributed by atoms with Crippen molar-refractivity contribution in [3.8, 4) is 0 Å². The summed E-state index contributed by atoms with van der Waals surface area (Å²) in [6.45, 7) is 6.37. The molecule has 0 spiro atoms. The van der Waals surface area contributed by atoms with Crippen molar-refractivity contribution in [2.45, 2.75) is 71.5 Å². The molecule has 1 amide bonds. The molecule has 3 aromatic heterocycles. The van der Waals surface area contributed by atoms with Crippen molar-refractivity contribution in [3.63, 3.8) is 0 Å². The summed E-state index contributed by atoms with van der Waals surface area (Å²) in [5, 5.41) is 11.1. The second-order valence-electron chi connectivity index (χ2n) is 8.87. The molecule has 4 heterocycles. The van der Waals surface area contributed by atoms with Crippen LogP contribution in [0.1, 0.15) is 65.9 Å². The normalized spacial score (nSPS) is 15.9. The number of carbonyl (C=O) groups is 1. The third-order valence-corrected chi connectivity index (χ3v) is 7.42. The van der Waals surface area contributed by atoms with Gasteiger partial charge in [0.05, 0.1) is 19.3 Å². The zero-order valence-electron chi connectivity index (χ0n) is 19.3. The number of thiazole rings is 1. The molecule has 1 aliphatic heterocycles. The van der Waals surface area contributed by atoms with Crippen molar-refractivity contribution in [2.24, 2.45) is 0 Å². The molecule has 3 aromatic rings. The summed E-state index contributed by atoms with van der Waals surface area (Å²) in [4.78, 5) is 28.4. The summed E-state index contributed by atoms with van der Waals surface area (Å²) in [7, 11) is 0. The van der Waals surface area contributed by atoms with Crippen LogP contribution >= 0.6 is 11.3 Å². The Bertz CT molecular complexity index is 1250. The fourth-order valence-corrected chi connectivity index (χ4v) is 5.51. The highest BCUT2D eigenvalue weighted by atomic mass is 32.1. The first-order valence-corrected chi connectivity index (χ1v) is 12.7. The van der Waals surface area contributed by atoms with Gasteiger partial charge in [0.2, 0.25) is 0 Å². The predicted octanol–water partition coefficient (Wildman–Crippen LogP) is 2.28. The van der Waals surface area contributed by atoms with E-state index >= 15 is 0 Å². The molecular formula is C24H31N7OS. The molecule has 9 heteroatoms. The number of anilines is 1. The summed E-state index contributed by atoms with van der Waals surface area (Å²) in [5.74, 6) is 1.71. The number of fused-ring (bicyclic) bond motifs is 2. The molecule has 1 atom stereocenters. The van der Waals surface area contributed by atoms with Gasteiger partial charge in [0.25, 0.3) is 5.91 Å². The maximum atomic E-state index is 13.1.